The monoisotopic (exact) mass is 297 g/mol. The van der Waals surface area contributed by atoms with Crippen molar-refractivity contribution < 1.29 is 19.1 Å². The Morgan fingerprint density at radius 3 is 2.10 bits per heavy atom. The molecule has 0 bridgehead atoms. The Bertz CT molecular complexity index is 386. The summed E-state index contributed by atoms with van der Waals surface area (Å²) in [6, 6.07) is -0.395. The molecule has 1 aliphatic rings. The Kier molecular flexibility index (Phi) is 6.89. The lowest BCUT2D eigenvalue weighted by molar-refractivity contribution is -0.151. The molecule has 0 radical (unpaired) electrons. The molecule has 0 heterocycles. The summed E-state index contributed by atoms with van der Waals surface area (Å²) >= 11 is 0. The predicted octanol–water partition coefficient (Wildman–Crippen LogP) is 2.30. The van der Waals surface area contributed by atoms with Crippen molar-refractivity contribution in [2.24, 2.45) is 0 Å². The topological polar surface area (TPSA) is 55.8 Å². The Hall–Kier alpha value is -1.36. The second kappa shape index (κ2) is 8.17. The Labute approximate surface area is 127 Å². The smallest absolute Gasteiger partial charge is 0.335 e. The summed E-state index contributed by atoms with van der Waals surface area (Å²) in [4.78, 5) is 26.1. The maximum Gasteiger partial charge on any atom is 0.335 e. The summed E-state index contributed by atoms with van der Waals surface area (Å²) in [6.07, 6.45) is 5.57. The fourth-order valence-corrected chi connectivity index (χ4v) is 3.11. The number of hydrogen-bond acceptors (Lipinski definition) is 5. The first-order valence-corrected chi connectivity index (χ1v) is 7.56. The molecule has 1 aliphatic carbocycles. The highest BCUT2D eigenvalue weighted by molar-refractivity contribution is 5.97. The van der Waals surface area contributed by atoms with Crippen LogP contribution in [0.2, 0.25) is 0 Å². The largest absolute Gasteiger partial charge is 0.468 e. The van der Waals surface area contributed by atoms with Gasteiger partial charge in [0.1, 0.15) is 6.04 Å². The molecular formula is C16H27NO4. The van der Waals surface area contributed by atoms with Crippen molar-refractivity contribution in [2.75, 3.05) is 14.2 Å². The van der Waals surface area contributed by atoms with Crippen LogP contribution in [0.25, 0.3) is 0 Å². The van der Waals surface area contributed by atoms with Gasteiger partial charge in [0.15, 0.2) is 0 Å². The zero-order valence-corrected chi connectivity index (χ0v) is 13.6. The van der Waals surface area contributed by atoms with E-state index in [1.165, 1.54) is 20.6 Å². The van der Waals surface area contributed by atoms with Crippen LogP contribution >= 0.6 is 0 Å². The highest BCUT2D eigenvalue weighted by atomic mass is 16.5. The van der Waals surface area contributed by atoms with Crippen LogP contribution in [0.3, 0.4) is 0 Å². The lowest BCUT2D eigenvalue weighted by atomic mass is 9.91. The average molecular weight is 297 g/mol. The SMILES string of the molecule is C=C(C(=O)OC)C(C(=O)OC)N(C(C)C)C1CCCCC1. The maximum atomic E-state index is 12.2. The number of nitrogens with zero attached hydrogens (tertiary/aromatic N) is 1. The number of carbonyl (C=O) groups excluding carboxylic acids is 2. The number of esters is 2. The van der Waals surface area contributed by atoms with E-state index in [4.69, 9.17) is 9.47 Å². The van der Waals surface area contributed by atoms with E-state index < -0.39 is 18.0 Å². The van der Waals surface area contributed by atoms with Gasteiger partial charge in [0.2, 0.25) is 0 Å². The predicted molar refractivity (Wildman–Crippen MR) is 80.8 cm³/mol. The van der Waals surface area contributed by atoms with Gasteiger partial charge in [-0.2, -0.15) is 0 Å². The number of rotatable bonds is 6. The van der Waals surface area contributed by atoms with E-state index in [2.05, 4.69) is 11.5 Å². The second-order valence-corrected chi connectivity index (χ2v) is 5.78. The van der Waals surface area contributed by atoms with Gasteiger partial charge in [-0.05, 0) is 26.7 Å². The number of ether oxygens (including phenoxy) is 2. The number of methoxy groups -OCH3 is 2. The second-order valence-electron chi connectivity index (χ2n) is 5.78. The van der Waals surface area contributed by atoms with Gasteiger partial charge in [-0.25, -0.2) is 9.59 Å². The van der Waals surface area contributed by atoms with Crippen LogP contribution in [0.1, 0.15) is 46.0 Å². The standard InChI is InChI=1S/C16H27NO4/c1-11(2)17(13-9-7-6-8-10-13)14(16(19)21-5)12(3)15(18)20-4/h11,13-14H,3,6-10H2,1-2,4-5H3. The molecule has 0 aromatic heterocycles. The first-order chi connectivity index (χ1) is 9.93. The molecule has 5 nitrogen and oxygen atoms in total. The lowest BCUT2D eigenvalue weighted by Crippen LogP contribution is -2.53. The molecule has 0 aliphatic heterocycles. The third-order valence-electron chi connectivity index (χ3n) is 4.09. The molecule has 0 aromatic rings. The first-order valence-electron chi connectivity index (χ1n) is 7.56. The molecule has 1 rings (SSSR count). The minimum Gasteiger partial charge on any atom is -0.468 e. The summed E-state index contributed by atoms with van der Waals surface area (Å²) in [5.74, 6) is -1.02. The summed E-state index contributed by atoms with van der Waals surface area (Å²) < 4.78 is 9.63. The molecule has 0 N–H and O–H groups in total. The normalized spacial score (nSPS) is 17.6. The van der Waals surface area contributed by atoms with Crippen molar-refractivity contribution in [1.82, 2.24) is 4.90 Å². The number of hydrogen-bond donors (Lipinski definition) is 0. The van der Waals surface area contributed by atoms with Crippen LogP contribution < -0.4 is 0 Å². The van der Waals surface area contributed by atoms with Crippen molar-refractivity contribution in [3.8, 4) is 0 Å². The molecule has 1 unspecified atom stereocenters. The molecule has 0 spiro atoms. The molecule has 0 saturated heterocycles. The van der Waals surface area contributed by atoms with Crippen molar-refractivity contribution >= 4 is 11.9 Å². The minimum absolute atomic E-state index is 0.110. The molecule has 1 saturated carbocycles. The Morgan fingerprint density at radius 2 is 1.67 bits per heavy atom. The van der Waals surface area contributed by atoms with Crippen LogP contribution in [0.5, 0.6) is 0 Å². The van der Waals surface area contributed by atoms with Gasteiger partial charge in [-0.15, -0.1) is 0 Å². The zero-order valence-electron chi connectivity index (χ0n) is 13.6. The molecule has 21 heavy (non-hydrogen) atoms. The van der Waals surface area contributed by atoms with E-state index in [-0.39, 0.29) is 17.7 Å². The van der Waals surface area contributed by atoms with Crippen molar-refractivity contribution in [3.05, 3.63) is 12.2 Å². The van der Waals surface area contributed by atoms with Crippen LogP contribution in [0.4, 0.5) is 0 Å². The van der Waals surface area contributed by atoms with Gasteiger partial charge < -0.3 is 9.47 Å². The molecule has 1 fully saturated rings. The van der Waals surface area contributed by atoms with Crippen LogP contribution in [-0.2, 0) is 19.1 Å². The molecular weight excluding hydrogens is 270 g/mol. The van der Waals surface area contributed by atoms with E-state index >= 15 is 0 Å². The fraction of sp³-hybridized carbons (Fsp3) is 0.750. The first kappa shape index (κ1) is 17.7. The van der Waals surface area contributed by atoms with Crippen molar-refractivity contribution in [2.45, 2.75) is 64.1 Å². The van der Waals surface area contributed by atoms with Crippen molar-refractivity contribution in [1.29, 1.82) is 0 Å². The van der Waals surface area contributed by atoms with Gasteiger partial charge in [-0.1, -0.05) is 25.8 Å². The van der Waals surface area contributed by atoms with Crippen LogP contribution in [0.15, 0.2) is 12.2 Å². The van der Waals surface area contributed by atoms with Gasteiger partial charge in [0.25, 0.3) is 0 Å². The Balaban J connectivity index is 3.08. The van der Waals surface area contributed by atoms with Crippen LogP contribution in [0, 0.1) is 0 Å². The summed E-state index contributed by atoms with van der Waals surface area (Å²) in [5.41, 5.74) is 0.142. The molecule has 0 aromatic carbocycles. The molecule has 5 heteroatoms. The van der Waals surface area contributed by atoms with Gasteiger partial charge in [-0.3, -0.25) is 4.90 Å². The van der Waals surface area contributed by atoms with E-state index in [1.54, 1.807) is 0 Å². The molecule has 120 valence electrons. The molecule has 1 atom stereocenters. The van der Waals surface area contributed by atoms with Gasteiger partial charge >= 0.3 is 11.9 Å². The average Bonchev–Trinajstić information content (AvgIpc) is 2.50. The third kappa shape index (κ3) is 4.30. The zero-order chi connectivity index (χ0) is 16.0. The quantitative estimate of drug-likeness (QED) is 0.556. The molecule has 0 amide bonds. The third-order valence-corrected chi connectivity index (χ3v) is 4.09. The highest BCUT2D eigenvalue weighted by Crippen LogP contribution is 2.28. The summed E-state index contributed by atoms with van der Waals surface area (Å²) in [6.45, 7) is 7.82. The van der Waals surface area contributed by atoms with Gasteiger partial charge in [0.05, 0.1) is 19.8 Å². The van der Waals surface area contributed by atoms with Crippen LogP contribution in [-0.4, -0.2) is 49.2 Å². The fourth-order valence-electron chi connectivity index (χ4n) is 3.11. The van der Waals surface area contributed by atoms with Crippen molar-refractivity contribution in [3.63, 3.8) is 0 Å². The summed E-state index contributed by atoms with van der Waals surface area (Å²) in [5, 5.41) is 0. The summed E-state index contributed by atoms with van der Waals surface area (Å²) in [7, 11) is 2.63. The minimum atomic E-state index is -0.773. The van der Waals surface area contributed by atoms with Gasteiger partial charge in [0, 0.05) is 12.1 Å². The number of carbonyl (C=O) groups is 2. The van der Waals surface area contributed by atoms with E-state index in [0.717, 1.165) is 25.7 Å². The maximum absolute atomic E-state index is 12.2. The van der Waals surface area contributed by atoms with E-state index in [0.29, 0.717) is 0 Å². The van der Waals surface area contributed by atoms with E-state index in [9.17, 15) is 9.59 Å². The lowest BCUT2D eigenvalue weighted by Gasteiger charge is -2.41. The van der Waals surface area contributed by atoms with E-state index in [1.807, 2.05) is 13.8 Å². The Morgan fingerprint density at radius 1 is 1.10 bits per heavy atom. The highest BCUT2D eigenvalue weighted by Gasteiger charge is 2.39.